The first kappa shape index (κ1) is 18.4. The van der Waals surface area contributed by atoms with Gasteiger partial charge in [0, 0.05) is 12.6 Å². The summed E-state index contributed by atoms with van der Waals surface area (Å²) < 4.78 is 10.7. The third-order valence-electron chi connectivity index (χ3n) is 4.71. The zero-order valence-electron chi connectivity index (χ0n) is 15.0. The second-order valence-electron chi connectivity index (χ2n) is 5.98. The molecule has 24 heavy (non-hydrogen) atoms. The smallest absolute Gasteiger partial charge is 0.259 e. The van der Waals surface area contributed by atoms with Crippen LogP contribution in [0.3, 0.4) is 0 Å². The fourth-order valence-corrected chi connectivity index (χ4v) is 3.44. The molecule has 2 N–H and O–H groups in total. The zero-order valence-corrected chi connectivity index (χ0v) is 15.0. The minimum Gasteiger partial charge on any atom is -0.504 e. The number of nitrogens with zero attached hydrogens (tertiary/aromatic N) is 1. The van der Waals surface area contributed by atoms with E-state index in [-0.39, 0.29) is 23.0 Å². The van der Waals surface area contributed by atoms with Gasteiger partial charge in [-0.05, 0) is 44.0 Å². The number of phenols is 1. The number of benzene rings is 1. The number of rotatable bonds is 7. The van der Waals surface area contributed by atoms with Crippen LogP contribution < -0.4 is 14.8 Å². The molecular weight excluding hydrogens is 308 g/mol. The Morgan fingerprint density at radius 3 is 2.62 bits per heavy atom. The quantitative estimate of drug-likeness (QED) is 0.799. The van der Waals surface area contributed by atoms with Gasteiger partial charge in [0.05, 0.1) is 14.2 Å². The molecule has 0 aromatic heterocycles. The monoisotopic (exact) mass is 336 g/mol. The summed E-state index contributed by atoms with van der Waals surface area (Å²) in [6.07, 6.45) is 2.89. The van der Waals surface area contributed by atoms with E-state index in [1.807, 2.05) is 6.92 Å². The first-order chi connectivity index (χ1) is 11.6. The number of carbonyl (C=O) groups is 1. The van der Waals surface area contributed by atoms with E-state index in [4.69, 9.17) is 9.47 Å². The molecule has 1 atom stereocenters. The predicted octanol–water partition coefficient (Wildman–Crippen LogP) is 2.19. The molecule has 1 aliphatic rings. The molecule has 1 amide bonds. The van der Waals surface area contributed by atoms with Crippen LogP contribution in [0.2, 0.25) is 0 Å². The molecule has 1 aromatic rings. The average molecular weight is 336 g/mol. The van der Waals surface area contributed by atoms with Gasteiger partial charge in [-0.25, -0.2) is 0 Å². The third kappa shape index (κ3) is 3.59. The summed E-state index contributed by atoms with van der Waals surface area (Å²) >= 11 is 0. The molecule has 1 heterocycles. The molecule has 0 aliphatic carbocycles. The average Bonchev–Trinajstić information content (AvgIpc) is 3.05. The highest BCUT2D eigenvalue weighted by Gasteiger charge is 2.27. The van der Waals surface area contributed by atoms with Crippen LogP contribution in [0.15, 0.2) is 6.07 Å². The van der Waals surface area contributed by atoms with E-state index < -0.39 is 0 Å². The fraction of sp³-hybridized carbons (Fsp3) is 0.611. The topological polar surface area (TPSA) is 71.0 Å². The van der Waals surface area contributed by atoms with Crippen LogP contribution in [0.25, 0.3) is 0 Å². The molecule has 1 aliphatic heterocycles. The summed E-state index contributed by atoms with van der Waals surface area (Å²) in [6, 6.07) is 1.95. The van der Waals surface area contributed by atoms with Crippen molar-refractivity contribution in [3.8, 4) is 17.2 Å². The van der Waals surface area contributed by atoms with Gasteiger partial charge < -0.3 is 19.9 Å². The number of carbonyl (C=O) groups excluding carboxylic acids is 1. The first-order valence-corrected chi connectivity index (χ1v) is 8.56. The number of nitrogens with one attached hydrogen (secondary N) is 1. The van der Waals surface area contributed by atoms with Gasteiger partial charge >= 0.3 is 0 Å². The zero-order chi connectivity index (χ0) is 17.7. The highest BCUT2D eigenvalue weighted by atomic mass is 16.5. The van der Waals surface area contributed by atoms with E-state index in [2.05, 4.69) is 17.1 Å². The molecule has 134 valence electrons. The van der Waals surface area contributed by atoms with Gasteiger partial charge in [0.1, 0.15) is 11.3 Å². The predicted molar refractivity (Wildman–Crippen MR) is 93.2 cm³/mol. The largest absolute Gasteiger partial charge is 0.504 e. The van der Waals surface area contributed by atoms with Crippen molar-refractivity contribution in [1.29, 1.82) is 0 Å². The second-order valence-corrected chi connectivity index (χ2v) is 5.98. The maximum Gasteiger partial charge on any atom is 0.259 e. The minimum atomic E-state index is -0.280. The lowest BCUT2D eigenvalue weighted by atomic mass is 10.0. The second kappa shape index (κ2) is 8.24. The van der Waals surface area contributed by atoms with E-state index in [9.17, 15) is 9.90 Å². The van der Waals surface area contributed by atoms with Crippen molar-refractivity contribution < 1.29 is 19.4 Å². The van der Waals surface area contributed by atoms with Crippen LogP contribution in [0.5, 0.6) is 17.2 Å². The Kier molecular flexibility index (Phi) is 6.31. The number of amides is 1. The van der Waals surface area contributed by atoms with Gasteiger partial charge in [0.2, 0.25) is 0 Å². The van der Waals surface area contributed by atoms with Crippen molar-refractivity contribution in [2.45, 2.75) is 39.2 Å². The van der Waals surface area contributed by atoms with Gasteiger partial charge in [-0.15, -0.1) is 0 Å². The molecule has 0 saturated carbocycles. The SMILES string of the molecule is CCc1cc(O)c(OC)c(C(=O)NC[C@@H]2CCCN2CC)c1OC. The summed E-state index contributed by atoms with van der Waals surface area (Å²) in [6.45, 7) is 6.73. The van der Waals surface area contributed by atoms with Crippen LogP contribution in [0.4, 0.5) is 0 Å². The Labute approximate surface area is 143 Å². The number of hydrogen-bond donors (Lipinski definition) is 2. The van der Waals surface area contributed by atoms with Gasteiger partial charge in [0.15, 0.2) is 11.5 Å². The molecule has 0 radical (unpaired) electrons. The number of aromatic hydroxyl groups is 1. The van der Waals surface area contributed by atoms with Crippen LogP contribution in [-0.4, -0.2) is 55.8 Å². The molecule has 6 nitrogen and oxygen atoms in total. The minimum absolute atomic E-state index is 0.0450. The Bertz CT molecular complexity index is 589. The lowest BCUT2D eigenvalue weighted by Crippen LogP contribution is -2.40. The Morgan fingerprint density at radius 2 is 2.04 bits per heavy atom. The van der Waals surface area contributed by atoms with Crippen LogP contribution in [0, 0.1) is 0 Å². The number of likely N-dealkylation sites (tertiary alicyclic amines) is 1. The van der Waals surface area contributed by atoms with Crippen LogP contribution in [0.1, 0.15) is 42.6 Å². The normalized spacial score (nSPS) is 17.8. The van der Waals surface area contributed by atoms with E-state index in [1.165, 1.54) is 14.2 Å². The van der Waals surface area contributed by atoms with E-state index >= 15 is 0 Å². The number of ether oxygens (including phenoxy) is 2. The summed E-state index contributed by atoms with van der Waals surface area (Å²) in [5, 5.41) is 13.1. The molecule has 0 bridgehead atoms. The van der Waals surface area contributed by atoms with Gasteiger partial charge in [-0.1, -0.05) is 13.8 Å². The van der Waals surface area contributed by atoms with Crippen molar-refractivity contribution in [3.63, 3.8) is 0 Å². The molecule has 1 fully saturated rings. The van der Waals surface area contributed by atoms with Crippen molar-refractivity contribution >= 4 is 5.91 Å². The number of likely N-dealkylation sites (N-methyl/N-ethyl adjacent to an activating group) is 1. The van der Waals surface area contributed by atoms with E-state index in [0.717, 1.165) is 31.5 Å². The lowest BCUT2D eigenvalue weighted by molar-refractivity contribution is 0.0934. The van der Waals surface area contributed by atoms with Gasteiger partial charge in [-0.3, -0.25) is 9.69 Å². The van der Waals surface area contributed by atoms with E-state index in [1.54, 1.807) is 6.07 Å². The molecule has 1 saturated heterocycles. The van der Waals surface area contributed by atoms with Crippen molar-refractivity contribution in [1.82, 2.24) is 10.2 Å². The van der Waals surface area contributed by atoms with Gasteiger partial charge in [0.25, 0.3) is 5.91 Å². The van der Waals surface area contributed by atoms with Crippen LogP contribution >= 0.6 is 0 Å². The highest BCUT2D eigenvalue weighted by Crippen LogP contribution is 2.40. The van der Waals surface area contributed by atoms with Crippen molar-refractivity contribution in [2.75, 3.05) is 33.9 Å². The number of methoxy groups -OCH3 is 2. The Hall–Kier alpha value is -1.95. The summed E-state index contributed by atoms with van der Waals surface area (Å²) in [4.78, 5) is 15.1. The maximum absolute atomic E-state index is 12.8. The fourth-order valence-electron chi connectivity index (χ4n) is 3.44. The number of phenolic OH excluding ortho intramolecular Hbond substituents is 1. The van der Waals surface area contributed by atoms with Crippen LogP contribution in [-0.2, 0) is 6.42 Å². The number of hydrogen-bond acceptors (Lipinski definition) is 5. The van der Waals surface area contributed by atoms with Gasteiger partial charge in [-0.2, -0.15) is 0 Å². The standard InChI is InChI=1S/C18H28N2O4/c1-5-12-10-14(21)17(24-4)15(16(12)23-3)18(22)19-11-13-8-7-9-20(13)6-2/h10,13,21H,5-9,11H2,1-4H3,(H,19,22)/t13-/m0/s1. The third-order valence-corrected chi connectivity index (χ3v) is 4.71. The van der Waals surface area contributed by atoms with E-state index in [0.29, 0.717) is 24.8 Å². The molecule has 0 spiro atoms. The first-order valence-electron chi connectivity index (χ1n) is 8.56. The highest BCUT2D eigenvalue weighted by molar-refractivity contribution is 6.01. The number of aryl methyl sites for hydroxylation is 1. The summed E-state index contributed by atoms with van der Waals surface area (Å²) in [5.74, 6) is 0.289. The molecule has 1 aromatic carbocycles. The lowest BCUT2D eigenvalue weighted by Gasteiger charge is -2.23. The van der Waals surface area contributed by atoms with Crippen molar-refractivity contribution in [2.24, 2.45) is 0 Å². The Balaban J connectivity index is 2.25. The summed E-state index contributed by atoms with van der Waals surface area (Å²) in [7, 11) is 2.96. The Morgan fingerprint density at radius 1 is 1.33 bits per heavy atom. The maximum atomic E-state index is 12.8. The van der Waals surface area contributed by atoms with Crippen molar-refractivity contribution in [3.05, 3.63) is 17.2 Å². The molecular formula is C18H28N2O4. The molecule has 6 heteroatoms. The summed E-state index contributed by atoms with van der Waals surface area (Å²) in [5.41, 5.74) is 1.04. The molecule has 0 unspecified atom stereocenters. The molecule has 2 rings (SSSR count).